The van der Waals surface area contributed by atoms with E-state index in [1.165, 1.54) is 12.1 Å². The van der Waals surface area contributed by atoms with Gasteiger partial charge in [0.05, 0.1) is 11.0 Å². The number of benzene rings is 2. The Bertz CT molecular complexity index is 641. The van der Waals surface area contributed by atoms with E-state index in [0.29, 0.717) is 11.5 Å². The Morgan fingerprint density at radius 2 is 2.05 bits per heavy atom. The van der Waals surface area contributed by atoms with E-state index in [4.69, 9.17) is 4.74 Å². The van der Waals surface area contributed by atoms with E-state index >= 15 is 0 Å². The van der Waals surface area contributed by atoms with Crippen molar-refractivity contribution in [2.45, 2.75) is 20.4 Å². The number of hydrogen-bond acceptors (Lipinski definition) is 4. The van der Waals surface area contributed by atoms with Crippen LogP contribution in [0.5, 0.6) is 11.5 Å². The number of aryl methyl sites for hydroxylation is 1. The van der Waals surface area contributed by atoms with Crippen molar-refractivity contribution in [3.8, 4) is 11.5 Å². The van der Waals surface area contributed by atoms with E-state index in [-0.39, 0.29) is 5.69 Å². The lowest BCUT2D eigenvalue weighted by Gasteiger charge is -2.11. The molecule has 2 aromatic carbocycles. The lowest BCUT2D eigenvalue weighted by molar-refractivity contribution is -0.384. The Kier molecular flexibility index (Phi) is 4.90. The summed E-state index contributed by atoms with van der Waals surface area (Å²) in [6, 6.07) is 12.2. The first-order chi connectivity index (χ1) is 10.1. The van der Waals surface area contributed by atoms with Gasteiger partial charge in [0, 0.05) is 12.6 Å². The highest BCUT2D eigenvalue weighted by molar-refractivity contribution is 5.43. The largest absolute Gasteiger partial charge is 0.457 e. The molecule has 110 valence electrons. The van der Waals surface area contributed by atoms with Crippen LogP contribution in [0.4, 0.5) is 5.69 Å². The average molecular weight is 286 g/mol. The number of nitrogens with one attached hydrogen (secondary N) is 1. The number of nitro groups is 1. The highest BCUT2D eigenvalue weighted by Crippen LogP contribution is 2.28. The smallest absolute Gasteiger partial charge is 0.273 e. The SMILES string of the molecule is CCNCc1ccc(C)c(Oc2cccc([N+](=O)[O-])c2)c1. The average Bonchev–Trinajstić information content (AvgIpc) is 2.48. The second kappa shape index (κ2) is 6.85. The third kappa shape index (κ3) is 4.03. The van der Waals surface area contributed by atoms with Crippen molar-refractivity contribution in [1.29, 1.82) is 0 Å². The van der Waals surface area contributed by atoms with Crippen molar-refractivity contribution >= 4 is 5.69 Å². The van der Waals surface area contributed by atoms with Gasteiger partial charge in [-0.15, -0.1) is 0 Å². The predicted octanol–water partition coefficient (Wildman–Crippen LogP) is 3.81. The molecule has 0 aromatic heterocycles. The van der Waals surface area contributed by atoms with Crippen LogP contribution in [-0.4, -0.2) is 11.5 Å². The summed E-state index contributed by atoms with van der Waals surface area (Å²) in [5.74, 6) is 1.18. The van der Waals surface area contributed by atoms with Gasteiger partial charge in [0.25, 0.3) is 5.69 Å². The standard InChI is InChI=1S/C16H18N2O3/c1-3-17-11-13-8-7-12(2)16(9-13)21-15-6-4-5-14(10-15)18(19)20/h4-10,17H,3,11H2,1-2H3. The van der Waals surface area contributed by atoms with Crippen LogP contribution >= 0.6 is 0 Å². The fourth-order valence-corrected chi connectivity index (χ4v) is 1.92. The summed E-state index contributed by atoms with van der Waals surface area (Å²) in [6.07, 6.45) is 0. The Balaban J connectivity index is 2.22. The van der Waals surface area contributed by atoms with Crippen molar-refractivity contribution in [3.63, 3.8) is 0 Å². The van der Waals surface area contributed by atoms with Gasteiger partial charge in [-0.1, -0.05) is 25.1 Å². The van der Waals surface area contributed by atoms with Gasteiger partial charge >= 0.3 is 0 Å². The molecular weight excluding hydrogens is 268 g/mol. The van der Waals surface area contributed by atoms with E-state index in [1.54, 1.807) is 12.1 Å². The van der Waals surface area contributed by atoms with Gasteiger partial charge in [-0.3, -0.25) is 10.1 Å². The quantitative estimate of drug-likeness (QED) is 0.648. The van der Waals surface area contributed by atoms with Crippen molar-refractivity contribution in [3.05, 3.63) is 63.7 Å². The molecule has 0 amide bonds. The van der Waals surface area contributed by atoms with Gasteiger partial charge < -0.3 is 10.1 Å². The van der Waals surface area contributed by atoms with E-state index in [1.807, 2.05) is 25.1 Å². The summed E-state index contributed by atoms with van der Waals surface area (Å²) < 4.78 is 5.79. The van der Waals surface area contributed by atoms with Crippen LogP contribution in [0.1, 0.15) is 18.1 Å². The Morgan fingerprint density at radius 1 is 1.24 bits per heavy atom. The minimum absolute atomic E-state index is 0.0222. The molecular formula is C16H18N2O3. The van der Waals surface area contributed by atoms with E-state index in [0.717, 1.165) is 24.2 Å². The zero-order valence-corrected chi connectivity index (χ0v) is 12.1. The molecule has 2 aromatic rings. The van der Waals surface area contributed by atoms with Crippen LogP contribution in [0.25, 0.3) is 0 Å². The van der Waals surface area contributed by atoms with Crippen LogP contribution in [0.15, 0.2) is 42.5 Å². The molecule has 0 bridgehead atoms. The van der Waals surface area contributed by atoms with Crippen LogP contribution in [0.2, 0.25) is 0 Å². The van der Waals surface area contributed by atoms with Gasteiger partial charge in [0.2, 0.25) is 0 Å². The zero-order valence-electron chi connectivity index (χ0n) is 12.1. The van der Waals surface area contributed by atoms with E-state index < -0.39 is 4.92 Å². The Morgan fingerprint density at radius 3 is 2.76 bits per heavy atom. The van der Waals surface area contributed by atoms with Crippen LogP contribution in [0.3, 0.4) is 0 Å². The molecule has 0 unspecified atom stereocenters. The summed E-state index contributed by atoms with van der Waals surface area (Å²) in [5.41, 5.74) is 2.12. The predicted molar refractivity (Wildman–Crippen MR) is 81.7 cm³/mol. The molecule has 0 fully saturated rings. The maximum atomic E-state index is 10.8. The van der Waals surface area contributed by atoms with Crippen LogP contribution < -0.4 is 10.1 Å². The maximum absolute atomic E-state index is 10.8. The fraction of sp³-hybridized carbons (Fsp3) is 0.250. The zero-order chi connectivity index (χ0) is 15.2. The third-order valence-electron chi connectivity index (χ3n) is 3.09. The lowest BCUT2D eigenvalue weighted by Crippen LogP contribution is -2.11. The summed E-state index contributed by atoms with van der Waals surface area (Å²) in [4.78, 5) is 10.4. The number of non-ortho nitro benzene ring substituents is 1. The topological polar surface area (TPSA) is 64.4 Å². The summed E-state index contributed by atoms with van der Waals surface area (Å²) >= 11 is 0. The minimum atomic E-state index is -0.429. The molecule has 0 aliphatic carbocycles. The van der Waals surface area contributed by atoms with Crippen molar-refractivity contribution < 1.29 is 9.66 Å². The summed E-state index contributed by atoms with van der Waals surface area (Å²) in [7, 11) is 0. The minimum Gasteiger partial charge on any atom is -0.457 e. The third-order valence-corrected chi connectivity index (χ3v) is 3.09. The van der Waals surface area contributed by atoms with Crippen molar-refractivity contribution in [2.24, 2.45) is 0 Å². The van der Waals surface area contributed by atoms with Gasteiger partial charge in [-0.2, -0.15) is 0 Å². The number of nitrogens with zero attached hydrogens (tertiary/aromatic N) is 1. The van der Waals surface area contributed by atoms with E-state index in [2.05, 4.69) is 12.2 Å². The first-order valence-corrected chi connectivity index (χ1v) is 6.82. The molecule has 0 radical (unpaired) electrons. The lowest BCUT2D eigenvalue weighted by atomic mass is 10.1. The van der Waals surface area contributed by atoms with Gasteiger partial charge in [0.1, 0.15) is 11.5 Å². The molecule has 21 heavy (non-hydrogen) atoms. The molecule has 5 nitrogen and oxygen atoms in total. The normalized spacial score (nSPS) is 10.4. The number of nitro benzene ring substituents is 1. The molecule has 2 rings (SSSR count). The summed E-state index contributed by atoms with van der Waals surface area (Å²) in [5, 5.41) is 14.0. The molecule has 0 aliphatic rings. The number of rotatable bonds is 6. The Labute approximate surface area is 123 Å². The molecule has 0 heterocycles. The highest BCUT2D eigenvalue weighted by Gasteiger charge is 2.08. The molecule has 5 heteroatoms. The van der Waals surface area contributed by atoms with Crippen molar-refractivity contribution in [1.82, 2.24) is 5.32 Å². The van der Waals surface area contributed by atoms with Gasteiger partial charge in [0.15, 0.2) is 0 Å². The van der Waals surface area contributed by atoms with Crippen molar-refractivity contribution in [2.75, 3.05) is 6.54 Å². The molecule has 0 saturated heterocycles. The molecule has 0 atom stereocenters. The number of hydrogen-bond donors (Lipinski definition) is 1. The van der Waals surface area contributed by atoms with Gasteiger partial charge in [-0.25, -0.2) is 0 Å². The molecule has 1 N–H and O–H groups in total. The van der Waals surface area contributed by atoms with Gasteiger partial charge in [-0.05, 0) is 36.7 Å². The summed E-state index contributed by atoms with van der Waals surface area (Å²) in [6.45, 7) is 5.66. The van der Waals surface area contributed by atoms with Crippen LogP contribution in [-0.2, 0) is 6.54 Å². The number of ether oxygens (including phenoxy) is 1. The van der Waals surface area contributed by atoms with Crippen LogP contribution in [0, 0.1) is 17.0 Å². The fourth-order valence-electron chi connectivity index (χ4n) is 1.92. The molecule has 0 spiro atoms. The second-order valence-electron chi connectivity index (χ2n) is 4.74. The maximum Gasteiger partial charge on any atom is 0.273 e. The monoisotopic (exact) mass is 286 g/mol. The molecule has 0 aliphatic heterocycles. The first kappa shape index (κ1) is 15.0. The first-order valence-electron chi connectivity index (χ1n) is 6.82. The Hall–Kier alpha value is -2.40. The second-order valence-corrected chi connectivity index (χ2v) is 4.74. The highest BCUT2D eigenvalue weighted by atomic mass is 16.6. The molecule has 0 saturated carbocycles. The van der Waals surface area contributed by atoms with E-state index in [9.17, 15) is 10.1 Å².